The summed E-state index contributed by atoms with van der Waals surface area (Å²) in [6.07, 6.45) is 1.12. The van der Waals surface area contributed by atoms with Crippen molar-refractivity contribution in [2.24, 2.45) is 0 Å². The molecule has 0 aromatic rings. The molecule has 2 fully saturated rings. The molecule has 0 aromatic heterocycles. The number of amides is 1. The molecular formula is C10H17NO3. The van der Waals surface area contributed by atoms with Gasteiger partial charge in [0.2, 0.25) is 0 Å². The molecule has 80 valence electrons. The zero-order valence-electron chi connectivity index (χ0n) is 8.95. The summed E-state index contributed by atoms with van der Waals surface area (Å²) in [7, 11) is 0. The molecule has 1 amide bonds. The zero-order valence-corrected chi connectivity index (χ0v) is 8.95. The number of nitrogens with zero attached hydrogens (tertiary/aromatic N) is 1. The van der Waals surface area contributed by atoms with Crippen LogP contribution in [0.3, 0.4) is 0 Å². The van der Waals surface area contributed by atoms with Crippen molar-refractivity contribution in [1.29, 1.82) is 0 Å². The summed E-state index contributed by atoms with van der Waals surface area (Å²) in [6.45, 7) is 7.25. The Labute approximate surface area is 84.2 Å². The van der Waals surface area contributed by atoms with Crippen LogP contribution in [0.25, 0.3) is 0 Å². The molecule has 2 heterocycles. The maximum atomic E-state index is 11.6. The lowest BCUT2D eigenvalue weighted by Gasteiger charge is -2.40. The molecule has 0 radical (unpaired) electrons. The molecule has 0 unspecified atom stereocenters. The van der Waals surface area contributed by atoms with Gasteiger partial charge in [-0.1, -0.05) is 0 Å². The predicted molar refractivity (Wildman–Crippen MR) is 51.1 cm³/mol. The second-order valence-electron chi connectivity index (χ2n) is 4.90. The third kappa shape index (κ3) is 2.00. The molecule has 2 saturated heterocycles. The van der Waals surface area contributed by atoms with Crippen molar-refractivity contribution in [1.82, 2.24) is 4.90 Å². The van der Waals surface area contributed by atoms with Crippen molar-refractivity contribution in [2.45, 2.75) is 44.9 Å². The van der Waals surface area contributed by atoms with E-state index in [1.54, 1.807) is 4.90 Å². The van der Waals surface area contributed by atoms with Gasteiger partial charge in [-0.2, -0.15) is 0 Å². The first-order chi connectivity index (χ1) is 6.47. The first-order valence-electron chi connectivity index (χ1n) is 5.08. The third-order valence-corrected chi connectivity index (χ3v) is 2.48. The topological polar surface area (TPSA) is 42.1 Å². The molecule has 0 saturated carbocycles. The maximum Gasteiger partial charge on any atom is 0.410 e. The Bertz CT molecular complexity index is 242. The summed E-state index contributed by atoms with van der Waals surface area (Å²) in [5, 5.41) is 0. The van der Waals surface area contributed by atoms with Crippen LogP contribution in [0, 0.1) is 0 Å². The highest BCUT2D eigenvalue weighted by Crippen LogP contribution is 2.30. The Morgan fingerprint density at radius 2 is 2.14 bits per heavy atom. The lowest BCUT2D eigenvalue weighted by Crippen LogP contribution is -2.55. The maximum absolute atomic E-state index is 11.6. The van der Waals surface area contributed by atoms with E-state index in [-0.39, 0.29) is 18.2 Å². The Morgan fingerprint density at radius 3 is 2.50 bits per heavy atom. The average molecular weight is 199 g/mol. The Hall–Kier alpha value is -0.770. The van der Waals surface area contributed by atoms with Gasteiger partial charge in [-0.25, -0.2) is 4.79 Å². The normalized spacial score (nSPS) is 30.9. The second kappa shape index (κ2) is 3.12. The van der Waals surface area contributed by atoms with Crippen LogP contribution < -0.4 is 0 Å². The minimum absolute atomic E-state index is 0.204. The van der Waals surface area contributed by atoms with Crippen molar-refractivity contribution in [2.75, 3.05) is 13.2 Å². The van der Waals surface area contributed by atoms with E-state index in [4.69, 9.17) is 9.47 Å². The Balaban J connectivity index is 1.85. The van der Waals surface area contributed by atoms with Gasteiger partial charge in [0, 0.05) is 6.54 Å². The summed E-state index contributed by atoms with van der Waals surface area (Å²) in [5.74, 6) is 0. The van der Waals surface area contributed by atoms with Crippen LogP contribution >= 0.6 is 0 Å². The van der Waals surface area contributed by atoms with Crippen molar-refractivity contribution in [3.05, 3.63) is 0 Å². The quantitative estimate of drug-likeness (QED) is 0.599. The van der Waals surface area contributed by atoms with Crippen LogP contribution in [0.1, 0.15) is 27.2 Å². The number of ether oxygens (including phenoxy) is 2. The summed E-state index contributed by atoms with van der Waals surface area (Å²) in [6, 6.07) is 0.268. The third-order valence-electron chi connectivity index (χ3n) is 2.48. The number of carbonyl (C=O) groups excluding carboxylic acids is 1. The van der Waals surface area contributed by atoms with Gasteiger partial charge in [-0.15, -0.1) is 0 Å². The van der Waals surface area contributed by atoms with Gasteiger partial charge in [-0.05, 0) is 27.2 Å². The van der Waals surface area contributed by atoms with E-state index in [0.29, 0.717) is 0 Å². The molecule has 14 heavy (non-hydrogen) atoms. The number of carbonyl (C=O) groups is 1. The van der Waals surface area contributed by atoms with Gasteiger partial charge in [0.1, 0.15) is 11.7 Å². The van der Waals surface area contributed by atoms with Crippen LogP contribution in [0.5, 0.6) is 0 Å². The molecule has 0 N–H and O–H groups in total. The monoisotopic (exact) mass is 199 g/mol. The molecule has 0 aromatic carbocycles. The minimum atomic E-state index is -0.401. The number of rotatable bonds is 1. The molecule has 0 spiro atoms. The molecule has 0 bridgehead atoms. The smallest absolute Gasteiger partial charge is 0.410 e. The first kappa shape index (κ1) is 9.77. The van der Waals surface area contributed by atoms with E-state index < -0.39 is 5.60 Å². The van der Waals surface area contributed by atoms with Crippen molar-refractivity contribution < 1.29 is 14.3 Å². The highest BCUT2D eigenvalue weighted by molar-refractivity contribution is 5.69. The fourth-order valence-corrected chi connectivity index (χ4v) is 1.62. The molecule has 2 rings (SSSR count). The van der Waals surface area contributed by atoms with E-state index in [1.165, 1.54) is 0 Å². The molecule has 2 aliphatic heterocycles. The molecule has 2 aliphatic rings. The highest BCUT2D eigenvalue weighted by Gasteiger charge is 2.45. The van der Waals surface area contributed by atoms with Gasteiger partial charge < -0.3 is 14.4 Å². The van der Waals surface area contributed by atoms with E-state index in [1.807, 2.05) is 20.8 Å². The van der Waals surface area contributed by atoms with E-state index in [9.17, 15) is 4.79 Å². The molecular weight excluding hydrogens is 182 g/mol. The van der Waals surface area contributed by atoms with Crippen LogP contribution in [-0.4, -0.2) is 41.9 Å². The molecule has 4 heteroatoms. The SMILES string of the molecule is CC(C)(C)OC(=O)N1CC[C@@H]1[C@H]1CO1. The molecule has 0 aliphatic carbocycles. The van der Waals surface area contributed by atoms with E-state index in [2.05, 4.69) is 0 Å². The summed E-state index contributed by atoms with van der Waals surface area (Å²) in [5.41, 5.74) is -0.401. The first-order valence-corrected chi connectivity index (χ1v) is 5.08. The van der Waals surface area contributed by atoms with Crippen LogP contribution in [0.15, 0.2) is 0 Å². The largest absolute Gasteiger partial charge is 0.444 e. The van der Waals surface area contributed by atoms with Gasteiger partial charge in [0.25, 0.3) is 0 Å². The average Bonchev–Trinajstić information content (AvgIpc) is 2.62. The summed E-state index contributed by atoms with van der Waals surface area (Å²) in [4.78, 5) is 13.4. The fourth-order valence-electron chi connectivity index (χ4n) is 1.62. The minimum Gasteiger partial charge on any atom is -0.444 e. The predicted octanol–water partition coefficient (Wildman–Crippen LogP) is 1.39. The van der Waals surface area contributed by atoms with Crippen molar-refractivity contribution in [3.8, 4) is 0 Å². The number of hydrogen-bond donors (Lipinski definition) is 0. The van der Waals surface area contributed by atoms with Gasteiger partial charge in [-0.3, -0.25) is 0 Å². The van der Waals surface area contributed by atoms with Crippen LogP contribution in [0.2, 0.25) is 0 Å². The van der Waals surface area contributed by atoms with Gasteiger partial charge in [0.05, 0.1) is 12.6 Å². The molecule has 4 nitrogen and oxygen atoms in total. The van der Waals surface area contributed by atoms with Crippen LogP contribution in [-0.2, 0) is 9.47 Å². The van der Waals surface area contributed by atoms with Crippen LogP contribution in [0.4, 0.5) is 4.79 Å². The number of likely N-dealkylation sites (tertiary alicyclic amines) is 1. The Morgan fingerprint density at radius 1 is 1.50 bits per heavy atom. The van der Waals surface area contributed by atoms with Crippen molar-refractivity contribution >= 4 is 6.09 Å². The van der Waals surface area contributed by atoms with Crippen molar-refractivity contribution in [3.63, 3.8) is 0 Å². The second-order valence-corrected chi connectivity index (χ2v) is 4.90. The van der Waals surface area contributed by atoms with Gasteiger partial charge >= 0.3 is 6.09 Å². The molecule has 2 atom stereocenters. The number of hydrogen-bond acceptors (Lipinski definition) is 3. The van der Waals surface area contributed by atoms with E-state index >= 15 is 0 Å². The summed E-state index contributed by atoms with van der Waals surface area (Å²) >= 11 is 0. The fraction of sp³-hybridized carbons (Fsp3) is 0.900. The van der Waals surface area contributed by atoms with Gasteiger partial charge in [0.15, 0.2) is 0 Å². The lowest BCUT2D eigenvalue weighted by molar-refractivity contribution is -0.0104. The zero-order chi connectivity index (χ0) is 10.3. The van der Waals surface area contributed by atoms with E-state index in [0.717, 1.165) is 19.6 Å². The summed E-state index contributed by atoms with van der Waals surface area (Å²) < 4.78 is 10.5. The Kier molecular flexibility index (Phi) is 2.18. The standard InChI is InChI=1S/C10H17NO3/c1-10(2,3)14-9(12)11-5-4-7(11)8-6-13-8/h7-8H,4-6H2,1-3H3/t7-,8-/m1/s1. The number of epoxide rings is 1. The lowest BCUT2D eigenvalue weighted by atomic mass is 10.0. The highest BCUT2D eigenvalue weighted by atomic mass is 16.6.